The van der Waals surface area contributed by atoms with Gasteiger partial charge < -0.3 is 15.0 Å². The van der Waals surface area contributed by atoms with Gasteiger partial charge in [-0.3, -0.25) is 9.59 Å². The van der Waals surface area contributed by atoms with E-state index in [1.54, 1.807) is 41.0 Å². The molecule has 2 amide bonds. The largest absolute Gasteiger partial charge is 0.497 e. The minimum absolute atomic E-state index is 0.0224. The quantitative estimate of drug-likeness (QED) is 0.379. The highest BCUT2D eigenvalue weighted by atomic mass is 16.5. The molecule has 36 heavy (non-hydrogen) atoms. The fraction of sp³-hybridized carbons (Fsp3) is 0.286. The molecule has 3 aromatic carbocycles. The molecule has 0 aliphatic carbocycles. The number of para-hydroxylation sites is 1. The van der Waals surface area contributed by atoms with Crippen LogP contribution in [0.2, 0.25) is 0 Å². The summed E-state index contributed by atoms with van der Waals surface area (Å²) in [7, 11) is 1.59. The number of carbonyl (C=O) groups excluding carboxylic acids is 2. The first-order valence-corrected chi connectivity index (χ1v) is 11.9. The second kappa shape index (κ2) is 11.0. The van der Waals surface area contributed by atoms with E-state index in [1.807, 2.05) is 69.3 Å². The third kappa shape index (κ3) is 5.54. The monoisotopic (exact) mass is 485 g/mol. The van der Waals surface area contributed by atoms with Gasteiger partial charge in [0.2, 0.25) is 11.8 Å². The molecule has 0 spiro atoms. The highest BCUT2D eigenvalue weighted by molar-refractivity contribution is 5.97. The molecule has 0 fully saturated rings. The van der Waals surface area contributed by atoms with Gasteiger partial charge in [-0.15, -0.1) is 5.10 Å². The number of amides is 2. The van der Waals surface area contributed by atoms with E-state index in [9.17, 15) is 9.59 Å². The number of fused-ring (bicyclic) bond motifs is 1. The number of ether oxygens (including phenoxy) is 1. The van der Waals surface area contributed by atoms with Crippen LogP contribution >= 0.6 is 0 Å². The fourth-order valence-electron chi connectivity index (χ4n) is 4.26. The maximum absolute atomic E-state index is 13.8. The van der Waals surface area contributed by atoms with E-state index in [0.29, 0.717) is 23.5 Å². The number of benzene rings is 3. The lowest BCUT2D eigenvalue weighted by Gasteiger charge is -2.34. The van der Waals surface area contributed by atoms with E-state index in [-0.39, 0.29) is 24.3 Å². The average molecular weight is 486 g/mol. The van der Waals surface area contributed by atoms with Gasteiger partial charge in [-0.2, -0.15) is 0 Å². The maximum atomic E-state index is 13.8. The van der Waals surface area contributed by atoms with Crippen LogP contribution in [0.25, 0.3) is 11.0 Å². The molecule has 4 rings (SSSR count). The minimum Gasteiger partial charge on any atom is -0.497 e. The van der Waals surface area contributed by atoms with Crippen LogP contribution in [-0.4, -0.2) is 44.9 Å². The van der Waals surface area contributed by atoms with Gasteiger partial charge in [0.1, 0.15) is 23.9 Å². The number of aromatic nitrogens is 3. The molecule has 4 aromatic rings. The molecule has 186 valence electrons. The van der Waals surface area contributed by atoms with Crippen molar-refractivity contribution in [3.05, 3.63) is 83.9 Å². The molecule has 8 heteroatoms. The predicted molar refractivity (Wildman–Crippen MR) is 140 cm³/mol. The fourth-order valence-corrected chi connectivity index (χ4v) is 4.26. The highest BCUT2D eigenvalue weighted by Crippen LogP contribution is 2.22. The van der Waals surface area contributed by atoms with E-state index in [0.717, 1.165) is 16.6 Å². The van der Waals surface area contributed by atoms with Gasteiger partial charge in [0, 0.05) is 12.2 Å². The summed E-state index contributed by atoms with van der Waals surface area (Å²) in [6.07, 6.45) is 0. The summed E-state index contributed by atoms with van der Waals surface area (Å²) in [5, 5.41) is 11.3. The number of nitrogens with zero attached hydrogens (tertiary/aromatic N) is 4. The van der Waals surface area contributed by atoms with Crippen molar-refractivity contribution < 1.29 is 14.3 Å². The first-order valence-electron chi connectivity index (χ1n) is 11.9. The molecule has 1 aromatic heterocycles. The van der Waals surface area contributed by atoms with E-state index in [2.05, 4.69) is 15.6 Å². The van der Waals surface area contributed by atoms with Gasteiger partial charge in [-0.1, -0.05) is 55.5 Å². The van der Waals surface area contributed by atoms with Gasteiger partial charge in [0.25, 0.3) is 0 Å². The van der Waals surface area contributed by atoms with Crippen molar-refractivity contribution >= 4 is 28.5 Å². The third-order valence-corrected chi connectivity index (χ3v) is 6.22. The Bertz CT molecular complexity index is 1350. The van der Waals surface area contributed by atoms with Gasteiger partial charge in [-0.25, -0.2) is 4.68 Å². The molecule has 0 saturated heterocycles. The lowest BCUT2D eigenvalue weighted by atomic mass is 9.99. The highest BCUT2D eigenvalue weighted by Gasteiger charge is 2.33. The van der Waals surface area contributed by atoms with Crippen LogP contribution in [0.3, 0.4) is 0 Å². The Morgan fingerprint density at radius 3 is 2.39 bits per heavy atom. The normalized spacial score (nSPS) is 11.9. The lowest BCUT2D eigenvalue weighted by Crippen LogP contribution is -2.51. The molecule has 1 heterocycles. The summed E-state index contributed by atoms with van der Waals surface area (Å²) in [6, 6.07) is 21.8. The number of aryl methyl sites for hydroxylation is 1. The van der Waals surface area contributed by atoms with Crippen molar-refractivity contribution in [3.8, 4) is 5.75 Å². The van der Waals surface area contributed by atoms with Gasteiger partial charge in [-0.05, 0) is 60.4 Å². The zero-order valence-electron chi connectivity index (χ0n) is 21.0. The summed E-state index contributed by atoms with van der Waals surface area (Å²) >= 11 is 0. The van der Waals surface area contributed by atoms with Crippen molar-refractivity contribution in [2.45, 2.75) is 39.9 Å². The molecule has 0 radical (unpaired) electrons. The molecule has 1 unspecified atom stereocenters. The summed E-state index contributed by atoms with van der Waals surface area (Å²) in [6.45, 7) is 6.18. The number of anilines is 1. The van der Waals surface area contributed by atoms with Crippen LogP contribution < -0.4 is 10.1 Å². The number of carbonyl (C=O) groups is 2. The molecular formula is C28H31N5O3. The summed E-state index contributed by atoms with van der Waals surface area (Å²) in [5.41, 5.74) is 4.16. The molecule has 1 atom stereocenters. The zero-order chi connectivity index (χ0) is 25.7. The second-order valence-corrected chi connectivity index (χ2v) is 9.09. The Morgan fingerprint density at radius 1 is 1.00 bits per heavy atom. The van der Waals surface area contributed by atoms with Crippen LogP contribution in [0.15, 0.2) is 72.8 Å². The van der Waals surface area contributed by atoms with Gasteiger partial charge >= 0.3 is 0 Å². The SMILES string of the molecule is COc1ccc(NC(=O)C(C(C)C)N(Cc2ccccc2C)C(=O)Cn2nnc3ccccc32)cc1. The van der Waals surface area contributed by atoms with Crippen molar-refractivity contribution in [1.82, 2.24) is 19.9 Å². The molecule has 8 nitrogen and oxygen atoms in total. The summed E-state index contributed by atoms with van der Waals surface area (Å²) in [4.78, 5) is 29.0. The Labute approximate surface area is 210 Å². The smallest absolute Gasteiger partial charge is 0.247 e. The van der Waals surface area contributed by atoms with E-state index in [1.165, 1.54) is 0 Å². The van der Waals surface area contributed by atoms with E-state index >= 15 is 0 Å². The first kappa shape index (κ1) is 24.9. The lowest BCUT2D eigenvalue weighted by molar-refractivity contribution is -0.141. The van der Waals surface area contributed by atoms with Gasteiger partial charge in [0.15, 0.2) is 0 Å². The van der Waals surface area contributed by atoms with E-state index < -0.39 is 6.04 Å². The van der Waals surface area contributed by atoms with Crippen molar-refractivity contribution in [1.29, 1.82) is 0 Å². The number of methoxy groups -OCH3 is 1. The Hall–Kier alpha value is -4.20. The summed E-state index contributed by atoms with van der Waals surface area (Å²) in [5.74, 6) is 0.103. The predicted octanol–water partition coefficient (Wildman–Crippen LogP) is 4.44. The zero-order valence-corrected chi connectivity index (χ0v) is 21.0. The van der Waals surface area contributed by atoms with Crippen molar-refractivity contribution in [2.75, 3.05) is 12.4 Å². The second-order valence-electron chi connectivity index (χ2n) is 9.09. The van der Waals surface area contributed by atoms with Crippen molar-refractivity contribution in [2.24, 2.45) is 5.92 Å². The van der Waals surface area contributed by atoms with Crippen LogP contribution in [-0.2, 0) is 22.7 Å². The molecule has 0 saturated carbocycles. The third-order valence-electron chi connectivity index (χ3n) is 6.22. The Morgan fingerprint density at radius 2 is 1.69 bits per heavy atom. The number of hydrogen-bond acceptors (Lipinski definition) is 5. The first-order chi connectivity index (χ1) is 17.4. The molecule has 0 aliphatic heterocycles. The van der Waals surface area contributed by atoms with E-state index in [4.69, 9.17) is 4.74 Å². The minimum atomic E-state index is -0.700. The van der Waals surface area contributed by atoms with Gasteiger partial charge in [0.05, 0.1) is 12.6 Å². The number of rotatable bonds is 9. The molecule has 0 aliphatic rings. The number of nitrogens with one attached hydrogen (secondary N) is 1. The molecule has 0 bridgehead atoms. The van der Waals surface area contributed by atoms with Crippen LogP contribution in [0.1, 0.15) is 25.0 Å². The molecular weight excluding hydrogens is 454 g/mol. The number of hydrogen-bond donors (Lipinski definition) is 1. The van der Waals surface area contributed by atoms with Crippen LogP contribution in [0, 0.1) is 12.8 Å². The van der Waals surface area contributed by atoms with Crippen LogP contribution in [0.4, 0.5) is 5.69 Å². The Kier molecular flexibility index (Phi) is 7.63. The van der Waals surface area contributed by atoms with Crippen molar-refractivity contribution in [3.63, 3.8) is 0 Å². The summed E-state index contributed by atoms with van der Waals surface area (Å²) < 4.78 is 6.79. The van der Waals surface area contributed by atoms with Crippen LogP contribution in [0.5, 0.6) is 5.75 Å². The Balaban J connectivity index is 1.65. The molecule has 1 N–H and O–H groups in total. The topological polar surface area (TPSA) is 89.4 Å². The average Bonchev–Trinajstić information content (AvgIpc) is 3.27. The standard InChI is InChI=1S/C28H31N5O3/c1-19(2)27(28(35)29-22-13-15-23(36-4)16-14-22)32(17-21-10-6-5-9-20(21)3)26(34)18-33-25-12-8-7-11-24(25)30-31-33/h5-16,19,27H,17-18H2,1-4H3,(H,29,35). The maximum Gasteiger partial charge on any atom is 0.247 e.